The third-order valence-electron chi connectivity index (χ3n) is 4.10. The molecule has 2 heterocycles. The zero-order chi connectivity index (χ0) is 17.7. The Balaban J connectivity index is 0.00000338. The molecule has 0 saturated carbocycles. The van der Waals surface area contributed by atoms with Crippen molar-refractivity contribution in [2.75, 3.05) is 63.9 Å². The van der Waals surface area contributed by atoms with Crippen LogP contribution in [0.1, 0.15) is 19.8 Å². The number of hydrogen-bond acceptors (Lipinski definition) is 6. The number of nitrogens with one attached hydrogen (secondary N) is 1. The van der Waals surface area contributed by atoms with Gasteiger partial charge >= 0.3 is 0 Å². The second kappa shape index (κ2) is 13.9. The van der Waals surface area contributed by atoms with E-state index in [4.69, 9.17) is 10.5 Å². The summed E-state index contributed by atoms with van der Waals surface area (Å²) in [5, 5.41) is 3.18. The van der Waals surface area contributed by atoms with Gasteiger partial charge in [0.25, 0.3) is 0 Å². The van der Waals surface area contributed by atoms with E-state index in [9.17, 15) is 0 Å². The first-order valence-corrected chi connectivity index (χ1v) is 9.15. The Kier molecular flexibility index (Phi) is 12.2. The lowest BCUT2D eigenvalue weighted by Crippen LogP contribution is -2.47. The van der Waals surface area contributed by atoms with Crippen LogP contribution in [0.25, 0.3) is 0 Å². The summed E-state index contributed by atoms with van der Waals surface area (Å²) in [6, 6.07) is 1.85. The Morgan fingerprint density at radius 2 is 1.96 bits per heavy atom. The number of hydrogen-bond donors (Lipinski definition) is 2. The molecule has 0 atom stereocenters. The number of piperazine rings is 1. The van der Waals surface area contributed by atoms with Crippen molar-refractivity contribution in [2.45, 2.75) is 19.8 Å². The van der Waals surface area contributed by atoms with Crippen LogP contribution in [0.2, 0.25) is 0 Å². The van der Waals surface area contributed by atoms with E-state index in [1.165, 1.54) is 0 Å². The van der Waals surface area contributed by atoms with E-state index < -0.39 is 0 Å². The predicted molar refractivity (Wildman–Crippen MR) is 116 cm³/mol. The average Bonchev–Trinajstić information content (AvgIpc) is 2.66. The van der Waals surface area contributed by atoms with Crippen LogP contribution in [-0.2, 0) is 4.74 Å². The van der Waals surface area contributed by atoms with Crippen LogP contribution in [0.5, 0.6) is 0 Å². The molecule has 8 nitrogen and oxygen atoms in total. The molecule has 0 bridgehead atoms. The maximum absolute atomic E-state index is 5.85. The van der Waals surface area contributed by atoms with Gasteiger partial charge in [-0.3, -0.25) is 9.89 Å². The standard InChI is InChI=1S/C17H31N7O.HI/c1-2-25-15-5-9-20-16(18)19-8-4-10-23-11-13-24(14-12-23)17-21-6-3-7-22-17;/h3,6-7H,2,4-5,8-15H2,1H3,(H3,18,19,20);1H. The molecular weight excluding hydrogens is 445 g/mol. The largest absolute Gasteiger partial charge is 0.382 e. The minimum Gasteiger partial charge on any atom is -0.382 e. The van der Waals surface area contributed by atoms with Crippen molar-refractivity contribution < 1.29 is 4.74 Å². The number of anilines is 1. The number of nitrogens with zero attached hydrogens (tertiary/aromatic N) is 5. The molecule has 1 saturated heterocycles. The fourth-order valence-electron chi connectivity index (χ4n) is 2.71. The minimum atomic E-state index is 0. The van der Waals surface area contributed by atoms with Crippen molar-refractivity contribution in [3.8, 4) is 0 Å². The molecule has 0 spiro atoms. The Bertz CT molecular complexity index is 495. The van der Waals surface area contributed by atoms with Crippen LogP contribution >= 0.6 is 24.0 Å². The molecule has 3 N–H and O–H groups in total. The van der Waals surface area contributed by atoms with Gasteiger partial charge in [-0.25, -0.2) is 9.97 Å². The number of guanidine groups is 1. The molecule has 0 aliphatic carbocycles. The lowest BCUT2D eigenvalue weighted by Gasteiger charge is -2.34. The number of ether oxygens (including phenoxy) is 1. The molecule has 1 aliphatic rings. The van der Waals surface area contributed by atoms with Crippen LogP contribution in [0.3, 0.4) is 0 Å². The molecule has 9 heteroatoms. The molecule has 0 amide bonds. The van der Waals surface area contributed by atoms with Crippen LogP contribution in [0.15, 0.2) is 23.5 Å². The maximum Gasteiger partial charge on any atom is 0.225 e. The predicted octanol–water partition coefficient (Wildman–Crippen LogP) is 0.938. The summed E-state index contributed by atoms with van der Waals surface area (Å²) in [6.07, 6.45) is 5.55. The fourth-order valence-corrected chi connectivity index (χ4v) is 2.71. The van der Waals surface area contributed by atoms with Gasteiger partial charge in [-0.1, -0.05) is 0 Å². The number of rotatable bonds is 10. The maximum atomic E-state index is 5.85. The lowest BCUT2D eigenvalue weighted by molar-refractivity contribution is 0.146. The van der Waals surface area contributed by atoms with Crippen molar-refractivity contribution in [1.82, 2.24) is 20.2 Å². The molecule has 1 aromatic rings. The molecule has 1 aromatic heterocycles. The summed E-state index contributed by atoms with van der Waals surface area (Å²) in [4.78, 5) is 17.6. The van der Waals surface area contributed by atoms with Crippen LogP contribution in [0.4, 0.5) is 5.95 Å². The monoisotopic (exact) mass is 477 g/mol. The summed E-state index contributed by atoms with van der Waals surface area (Å²) < 4.78 is 5.27. The third kappa shape index (κ3) is 8.95. The molecule has 0 aromatic carbocycles. The van der Waals surface area contributed by atoms with Crippen molar-refractivity contribution in [2.24, 2.45) is 10.7 Å². The van der Waals surface area contributed by atoms with Gasteiger partial charge in [0.2, 0.25) is 5.95 Å². The van der Waals surface area contributed by atoms with E-state index in [1.807, 2.05) is 13.0 Å². The highest BCUT2D eigenvalue weighted by atomic mass is 127. The van der Waals surface area contributed by atoms with Gasteiger partial charge in [0.1, 0.15) is 0 Å². The van der Waals surface area contributed by atoms with E-state index in [0.29, 0.717) is 12.5 Å². The first-order chi connectivity index (χ1) is 12.3. The van der Waals surface area contributed by atoms with E-state index in [-0.39, 0.29) is 24.0 Å². The van der Waals surface area contributed by atoms with Crippen molar-refractivity contribution in [3.05, 3.63) is 18.5 Å². The summed E-state index contributed by atoms with van der Waals surface area (Å²) in [5.74, 6) is 1.36. The number of aliphatic imine (C=N–C) groups is 1. The molecule has 0 unspecified atom stereocenters. The quantitative estimate of drug-likeness (QED) is 0.224. The molecule has 1 fully saturated rings. The van der Waals surface area contributed by atoms with Gasteiger partial charge < -0.3 is 20.7 Å². The SMILES string of the molecule is CCOCCCN=C(N)NCCCN1CCN(c2ncccn2)CC1.I. The molecule has 2 rings (SSSR count). The van der Waals surface area contributed by atoms with Crippen molar-refractivity contribution in [3.63, 3.8) is 0 Å². The Morgan fingerprint density at radius 1 is 1.23 bits per heavy atom. The Morgan fingerprint density at radius 3 is 2.65 bits per heavy atom. The van der Waals surface area contributed by atoms with Gasteiger partial charge in [0.15, 0.2) is 5.96 Å². The van der Waals surface area contributed by atoms with E-state index in [1.54, 1.807) is 12.4 Å². The fraction of sp³-hybridized carbons (Fsp3) is 0.706. The number of nitrogens with two attached hydrogens (primary N) is 1. The smallest absolute Gasteiger partial charge is 0.225 e. The van der Waals surface area contributed by atoms with E-state index in [2.05, 4.69) is 30.1 Å². The molecular formula is C17H32IN7O. The van der Waals surface area contributed by atoms with Crippen molar-refractivity contribution in [1.29, 1.82) is 0 Å². The minimum absolute atomic E-state index is 0. The Hall–Kier alpha value is -1.20. The van der Waals surface area contributed by atoms with E-state index >= 15 is 0 Å². The average molecular weight is 477 g/mol. The lowest BCUT2D eigenvalue weighted by atomic mass is 10.3. The zero-order valence-corrected chi connectivity index (χ0v) is 18.0. The normalized spacial score (nSPS) is 15.6. The van der Waals surface area contributed by atoms with Crippen LogP contribution in [-0.4, -0.2) is 79.9 Å². The highest BCUT2D eigenvalue weighted by Crippen LogP contribution is 2.09. The second-order valence-electron chi connectivity index (χ2n) is 5.98. The second-order valence-corrected chi connectivity index (χ2v) is 5.98. The van der Waals surface area contributed by atoms with Crippen molar-refractivity contribution >= 4 is 35.9 Å². The highest BCUT2D eigenvalue weighted by Gasteiger charge is 2.17. The molecule has 148 valence electrons. The first kappa shape index (κ1) is 22.8. The van der Waals surface area contributed by atoms with Gasteiger partial charge in [-0.05, 0) is 32.4 Å². The van der Waals surface area contributed by atoms with Gasteiger partial charge in [-0.2, -0.15) is 0 Å². The summed E-state index contributed by atoms with van der Waals surface area (Å²) >= 11 is 0. The summed E-state index contributed by atoms with van der Waals surface area (Å²) in [6.45, 7) is 10.1. The van der Waals surface area contributed by atoms with Crippen LogP contribution < -0.4 is 16.0 Å². The molecule has 0 radical (unpaired) electrons. The number of aromatic nitrogens is 2. The Labute approximate surface area is 173 Å². The van der Waals surface area contributed by atoms with Gasteiger partial charge in [-0.15, -0.1) is 24.0 Å². The number of halogens is 1. The summed E-state index contributed by atoms with van der Waals surface area (Å²) in [7, 11) is 0. The first-order valence-electron chi connectivity index (χ1n) is 9.15. The summed E-state index contributed by atoms with van der Waals surface area (Å²) in [5.41, 5.74) is 5.85. The van der Waals surface area contributed by atoms with Gasteiger partial charge in [0.05, 0.1) is 0 Å². The van der Waals surface area contributed by atoms with Crippen LogP contribution in [0, 0.1) is 0 Å². The molecule has 1 aliphatic heterocycles. The highest BCUT2D eigenvalue weighted by molar-refractivity contribution is 14.0. The van der Waals surface area contributed by atoms with Gasteiger partial charge in [0, 0.05) is 64.9 Å². The third-order valence-corrected chi connectivity index (χ3v) is 4.10. The topological polar surface area (TPSA) is 91.9 Å². The molecule has 26 heavy (non-hydrogen) atoms. The van der Waals surface area contributed by atoms with E-state index in [0.717, 1.165) is 71.3 Å². The zero-order valence-electron chi connectivity index (χ0n) is 15.6.